The van der Waals surface area contributed by atoms with E-state index in [2.05, 4.69) is 53.6 Å². The first kappa shape index (κ1) is 27.8. The Hall–Kier alpha value is -3.19. The van der Waals surface area contributed by atoms with Crippen LogP contribution in [0, 0.1) is 0 Å². The zero-order chi connectivity index (χ0) is 26.9. The second-order valence-corrected chi connectivity index (χ2v) is 10.6. The number of likely N-dealkylation sites (tertiary alicyclic amines) is 1. The monoisotopic (exact) mass is 514 g/mol. The van der Waals surface area contributed by atoms with E-state index in [9.17, 15) is 9.90 Å². The minimum Gasteiger partial charge on any atom is -0.390 e. The number of benzene rings is 3. The Balaban J connectivity index is 1.40. The summed E-state index contributed by atoms with van der Waals surface area (Å²) in [6.45, 7) is 4.67. The number of hydrogen-bond donors (Lipinski definition) is 3. The molecule has 3 aromatic carbocycles. The van der Waals surface area contributed by atoms with Crippen LogP contribution in [-0.2, 0) is 6.42 Å². The Labute approximate surface area is 227 Å². The standard InChI is InChI=1S/C32H42N4O2/c1-24(26-12-8-5-9-13-26)33-23-31(37)30(22-25-10-6-4-7-11-25)34-32(38)27-14-16-28(17-15-27)36(3)29-18-20-35(2)21-19-29/h4-17,24,29-31,33,37H,18-23H2,1-3H3,(H,34,38)/t24-,30+,31-/m1/s1. The average molecular weight is 515 g/mol. The predicted octanol–water partition coefficient (Wildman–Crippen LogP) is 4.27. The van der Waals surface area contributed by atoms with E-state index in [1.165, 1.54) is 0 Å². The van der Waals surface area contributed by atoms with E-state index in [-0.39, 0.29) is 11.9 Å². The van der Waals surface area contributed by atoms with Gasteiger partial charge in [-0.1, -0.05) is 60.7 Å². The highest BCUT2D eigenvalue weighted by Crippen LogP contribution is 2.22. The maximum absolute atomic E-state index is 13.3. The molecule has 1 aliphatic heterocycles. The minimum atomic E-state index is -0.750. The highest BCUT2D eigenvalue weighted by Gasteiger charge is 2.24. The van der Waals surface area contributed by atoms with Gasteiger partial charge in [0.1, 0.15) is 0 Å². The number of carbonyl (C=O) groups is 1. The summed E-state index contributed by atoms with van der Waals surface area (Å²) in [5.74, 6) is -0.172. The van der Waals surface area contributed by atoms with Crippen LogP contribution in [0.5, 0.6) is 0 Å². The van der Waals surface area contributed by atoms with E-state index < -0.39 is 12.1 Å². The van der Waals surface area contributed by atoms with E-state index in [0.717, 1.165) is 42.7 Å². The SMILES string of the molecule is C[C@@H](NC[C@@H](O)[C@H](Cc1ccccc1)NC(=O)c1ccc(N(C)C2CCN(C)CC2)cc1)c1ccccc1. The lowest BCUT2D eigenvalue weighted by atomic mass is 9.99. The molecule has 0 radical (unpaired) electrons. The molecular weight excluding hydrogens is 472 g/mol. The molecule has 3 aromatic rings. The van der Waals surface area contributed by atoms with Gasteiger partial charge in [0.15, 0.2) is 0 Å². The third-order valence-electron chi connectivity index (χ3n) is 7.78. The molecule has 0 aromatic heterocycles. The second-order valence-electron chi connectivity index (χ2n) is 10.6. The quantitative estimate of drug-likeness (QED) is 0.357. The highest BCUT2D eigenvalue weighted by molar-refractivity contribution is 5.94. The number of aliphatic hydroxyl groups is 1. The van der Waals surface area contributed by atoms with Crippen LogP contribution in [0.2, 0.25) is 0 Å². The van der Waals surface area contributed by atoms with Crippen LogP contribution in [-0.4, -0.2) is 67.8 Å². The van der Waals surface area contributed by atoms with Gasteiger partial charge in [0, 0.05) is 36.9 Å². The zero-order valence-corrected chi connectivity index (χ0v) is 22.9. The number of aliphatic hydroxyl groups excluding tert-OH is 1. The fourth-order valence-electron chi connectivity index (χ4n) is 5.14. The van der Waals surface area contributed by atoms with Crippen molar-refractivity contribution in [3.05, 3.63) is 102 Å². The van der Waals surface area contributed by atoms with Crippen molar-refractivity contribution < 1.29 is 9.90 Å². The van der Waals surface area contributed by atoms with Gasteiger partial charge in [-0.05, 0) is 81.7 Å². The largest absolute Gasteiger partial charge is 0.390 e. The van der Waals surface area contributed by atoms with Gasteiger partial charge in [0.2, 0.25) is 0 Å². The Morgan fingerprint density at radius 3 is 2.21 bits per heavy atom. The summed E-state index contributed by atoms with van der Waals surface area (Å²) in [4.78, 5) is 18.0. The molecule has 4 rings (SSSR count). The van der Waals surface area contributed by atoms with Crippen LogP contribution in [0.4, 0.5) is 5.69 Å². The summed E-state index contributed by atoms with van der Waals surface area (Å²) in [7, 11) is 4.31. The second kappa shape index (κ2) is 13.6. The number of amides is 1. The summed E-state index contributed by atoms with van der Waals surface area (Å²) in [6.07, 6.45) is 2.09. The first-order chi connectivity index (χ1) is 18.4. The van der Waals surface area contributed by atoms with Crippen molar-refractivity contribution in [2.24, 2.45) is 0 Å². The number of nitrogens with one attached hydrogen (secondary N) is 2. The van der Waals surface area contributed by atoms with Crippen LogP contribution in [0.25, 0.3) is 0 Å². The van der Waals surface area contributed by atoms with Crippen molar-refractivity contribution in [1.29, 1.82) is 0 Å². The number of hydrogen-bond acceptors (Lipinski definition) is 5. The molecule has 0 aliphatic carbocycles. The Bertz CT molecular complexity index is 1120. The van der Waals surface area contributed by atoms with E-state index in [4.69, 9.17) is 0 Å². The topological polar surface area (TPSA) is 67.8 Å². The molecule has 0 saturated carbocycles. The Kier molecular flexibility index (Phi) is 9.93. The maximum Gasteiger partial charge on any atom is 0.251 e. The first-order valence-electron chi connectivity index (χ1n) is 13.7. The molecule has 1 aliphatic rings. The van der Waals surface area contributed by atoms with Gasteiger partial charge in [-0.25, -0.2) is 0 Å². The van der Waals surface area contributed by atoms with Gasteiger partial charge in [-0.3, -0.25) is 4.79 Å². The van der Waals surface area contributed by atoms with Crippen molar-refractivity contribution in [2.75, 3.05) is 38.6 Å². The third-order valence-corrected chi connectivity index (χ3v) is 7.78. The summed E-state index contributed by atoms with van der Waals surface area (Å²) in [5, 5.41) is 17.7. The molecule has 1 amide bonds. The highest BCUT2D eigenvalue weighted by atomic mass is 16.3. The molecule has 1 saturated heterocycles. The molecule has 6 heteroatoms. The molecule has 38 heavy (non-hydrogen) atoms. The number of anilines is 1. The van der Waals surface area contributed by atoms with Gasteiger partial charge in [-0.2, -0.15) is 0 Å². The van der Waals surface area contributed by atoms with Crippen LogP contribution < -0.4 is 15.5 Å². The van der Waals surface area contributed by atoms with Crippen molar-refractivity contribution in [2.45, 2.75) is 50.4 Å². The molecule has 0 spiro atoms. The van der Waals surface area contributed by atoms with Crippen molar-refractivity contribution in [1.82, 2.24) is 15.5 Å². The lowest BCUT2D eigenvalue weighted by Crippen LogP contribution is -2.49. The normalized spacial score (nSPS) is 16.9. The minimum absolute atomic E-state index is 0.0908. The average Bonchev–Trinajstić information content (AvgIpc) is 2.96. The summed E-state index contributed by atoms with van der Waals surface area (Å²) in [6, 6.07) is 28.2. The molecule has 3 N–H and O–H groups in total. The molecule has 1 fully saturated rings. The van der Waals surface area contributed by atoms with E-state index >= 15 is 0 Å². The van der Waals surface area contributed by atoms with E-state index in [1.807, 2.05) is 72.8 Å². The van der Waals surface area contributed by atoms with E-state index in [0.29, 0.717) is 24.6 Å². The van der Waals surface area contributed by atoms with Gasteiger partial charge in [0.25, 0.3) is 5.91 Å². The lowest BCUT2D eigenvalue weighted by molar-refractivity contribution is 0.0826. The first-order valence-corrected chi connectivity index (χ1v) is 13.7. The fourth-order valence-corrected chi connectivity index (χ4v) is 5.14. The fraction of sp³-hybridized carbons (Fsp3) is 0.406. The molecular formula is C32H42N4O2. The molecule has 1 heterocycles. The summed E-state index contributed by atoms with van der Waals surface area (Å²) in [5.41, 5.74) is 3.95. The summed E-state index contributed by atoms with van der Waals surface area (Å²) < 4.78 is 0. The maximum atomic E-state index is 13.3. The zero-order valence-electron chi connectivity index (χ0n) is 22.9. The molecule has 202 valence electrons. The van der Waals surface area contributed by atoms with Crippen molar-refractivity contribution >= 4 is 11.6 Å². The number of carbonyl (C=O) groups excluding carboxylic acids is 1. The summed E-state index contributed by atoms with van der Waals surface area (Å²) >= 11 is 0. The van der Waals surface area contributed by atoms with Gasteiger partial charge >= 0.3 is 0 Å². The van der Waals surface area contributed by atoms with Crippen LogP contribution in [0.15, 0.2) is 84.9 Å². The Morgan fingerprint density at radius 1 is 0.974 bits per heavy atom. The van der Waals surface area contributed by atoms with Crippen LogP contribution in [0.1, 0.15) is 47.3 Å². The predicted molar refractivity (Wildman–Crippen MR) is 156 cm³/mol. The number of piperidine rings is 1. The van der Waals surface area contributed by atoms with Gasteiger partial charge in [0.05, 0.1) is 12.1 Å². The third kappa shape index (κ3) is 7.67. The van der Waals surface area contributed by atoms with Crippen molar-refractivity contribution in [3.8, 4) is 0 Å². The van der Waals surface area contributed by atoms with Crippen molar-refractivity contribution in [3.63, 3.8) is 0 Å². The van der Waals surface area contributed by atoms with E-state index in [1.54, 1.807) is 0 Å². The smallest absolute Gasteiger partial charge is 0.251 e. The molecule has 0 unspecified atom stereocenters. The van der Waals surface area contributed by atoms with Crippen LogP contribution >= 0.6 is 0 Å². The van der Waals surface area contributed by atoms with Crippen LogP contribution in [0.3, 0.4) is 0 Å². The number of nitrogens with zero attached hydrogens (tertiary/aromatic N) is 2. The molecule has 0 bridgehead atoms. The van der Waals surface area contributed by atoms with Gasteiger partial charge < -0.3 is 25.5 Å². The van der Waals surface area contributed by atoms with Gasteiger partial charge in [-0.15, -0.1) is 0 Å². The molecule has 3 atom stereocenters. The lowest BCUT2D eigenvalue weighted by Gasteiger charge is -2.36. The molecule has 6 nitrogen and oxygen atoms in total. The Morgan fingerprint density at radius 2 is 1.58 bits per heavy atom. The number of rotatable bonds is 11.